The molecule has 1 fully saturated rings. The molecule has 1 N–H and O–H groups in total. The van der Waals surface area contributed by atoms with Crippen LogP contribution in [0.4, 0.5) is 0 Å². The molecule has 0 amide bonds. The molecule has 1 aliphatic carbocycles. The van der Waals surface area contributed by atoms with Crippen LogP contribution in [0.3, 0.4) is 0 Å². The van der Waals surface area contributed by atoms with Crippen LogP contribution >= 0.6 is 11.6 Å². The minimum atomic E-state index is -0.182. The first-order valence-electron chi connectivity index (χ1n) is 8.08. The van der Waals surface area contributed by atoms with Gasteiger partial charge in [-0.3, -0.25) is 4.79 Å². The predicted molar refractivity (Wildman–Crippen MR) is 97.7 cm³/mol. The summed E-state index contributed by atoms with van der Waals surface area (Å²) in [5, 5.41) is 10.5. The number of carbonyl (C=O) groups excluding carboxylic acids is 1. The number of hydrogen-bond donors (Lipinski definition) is 1. The minimum Gasteiger partial charge on any atom is -0.507 e. The Morgan fingerprint density at radius 2 is 1.92 bits per heavy atom. The fourth-order valence-corrected chi connectivity index (χ4v) is 4.01. The molecule has 2 aromatic rings. The van der Waals surface area contributed by atoms with Crippen molar-refractivity contribution in [2.24, 2.45) is 11.3 Å². The van der Waals surface area contributed by atoms with Gasteiger partial charge in [0, 0.05) is 16.9 Å². The molecule has 3 rings (SSSR count). The van der Waals surface area contributed by atoms with Gasteiger partial charge in [-0.2, -0.15) is 0 Å². The van der Waals surface area contributed by atoms with E-state index in [-0.39, 0.29) is 28.8 Å². The van der Waals surface area contributed by atoms with Gasteiger partial charge in [-0.05, 0) is 42.5 Å². The molecule has 0 spiro atoms. The van der Waals surface area contributed by atoms with Crippen LogP contribution in [0.1, 0.15) is 42.1 Å². The van der Waals surface area contributed by atoms with Crippen molar-refractivity contribution in [2.75, 3.05) is 0 Å². The molecule has 2 nitrogen and oxygen atoms in total. The molecule has 0 unspecified atom stereocenters. The van der Waals surface area contributed by atoms with Gasteiger partial charge in [0.25, 0.3) is 0 Å². The van der Waals surface area contributed by atoms with Crippen LogP contribution in [0, 0.1) is 11.3 Å². The number of allylic oxidation sites excluding steroid dienone is 1. The van der Waals surface area contributed by atoms with E-state index >= 15 is 0 Å². The Kier molecular flexibility index (Phi) is 4.27. The zero-order valence-corrected chi connectivity index (χ0v) is 14.7. The number of Topliss-reactive ketones (excluding diaryl/α,β-unsaturated/α-hetero) is 1. The van der Waals surface area contributed by atoms with Crippen molar-refractivity contribution < 1.29 is 9.90 Å². The Morgan fingerprint density at radius 3 is 2.54 bits per heavy atom. The highest BCUT2D eigenvalue weighted by atomic mass is 35.5. The second kappa shape index (κ2) is 6.10. The molecule has 0 bridgehead atoms. The SMILES string of the molecule is C=C(C)[C@@]1(C)C[C@@H](C(=O)c2cc(Cl)ccc2O)[C@@H]1c1ccccc1. The smallest absolute Gasteiger partial charge is 0.170 e. The van der Waals surface area contributed by atoms with E-state index in [4.69, 9.17) is 11.6 Å². The average Bonchev–Trinajstić information content (AvgIpc) is 2.54. The lowest BCUT2D eigenvalue weighted by Crippen LogP contribution is -2.48. The van der Waals surface area contributed by atoms with E-state index in [1.165, 1.54) is 6.07 Å². The van der Waals surface area contributed by atoms with E-state index in [9.17, 15) is 9.90 Å². The Balaban J connectivity index is 2.00. The maximum absolute atomic E-state index is 13.0. The number of rotatable bonds is 4. The standard InChI is InChI=1S/C21H21ClO2/c1-13(2)21(3)12-17(19(21)14-7-5-4-6-8-14)20(24)16-11-15(22)9-10-18(16)23/h4-11,17,19,23H,1,12H2,2-3H3/t17-,19+,21-/m1/s1. The second-order valence-electron chi connectivity index (χ2n) is 6.92. The van der Waals surface area contributed by atoms with Gasteiger partial charge in [0.15, 0.2) is 5.78 Å². The zero-order valence-electron chi connectivity index (χ0n) is 13.9. The lowest BCUT2D eigenvalue weighted by molar-refractivity contribution is 0.0477. The topological polar surface area (TPSA) is 37.3 Å². The van der Waals surface area contributed by atoms with E-state index in [2.05, 4.69) is 25.6 Å². The number of benzene rings is 2. The van der Waals surface area contributed by atoms with Gasteiger partial charge in [0.05, 0.1) is 5.56 Å². The van der Waals surface area contributed by atoms with Crippen LogP contribution in [0.15, 0.2) is 60.7 Å². The van der Waals surface area contributed by atoms with Crippen molar-refractivity contribution in [3.63, 3.8) is 0 Å². The number of phenolic OH excluding ortho intramolecular Hbond substituents is 1. The monoisotopic (exact) mass is 340 g/mol. The van der Waals surface area contributed by atoms with Gasteiger partial charge in [-0.1, -0.05) is 61.0 Å². The number of hydrogen-bond acceptors (Lipinski definition) is 2. The number of ketones is 1. The average molecular weight is 341 g/mol. The fraction of sp³-hybridized carbons (Fsp3) is 0.286. The lowest BCUT2D eigenvalue weighted by Gasteiger charge is -2.54. The first-order chi connectivity index (χ1) is 11.3. The molecule has 1 saturated carbocycles. The molecule has 0 heterocycles. The maximum Gasteiger partial charge on any atom is 0.170 e. The Hall–Kier alpha value is -2.06. The van der Waals surface area contributed by atoms with Gasteiger partial charge >= 0.3 is 0 Å². The number of carbonyl (C=O) groups is 1. The first kappa shape index (κ1) is 16.8. The van der Waals surface area contributed by atoms with Crippen LogP contribution < -0.4 is 0 Å². The quantitative estimate of drug-likeness (QED) is 0.579. The third-order valence-corrected chi connectivity index (χ3v) is 5.66. The molecule has 124 valence electrons. The van der Waals surface area contributed by atoms with Gasteiger partial charge in [0.2, 0.25) is 0 Å². The lowest BCUT2D eigenvalue weighted by atomic mass is 9.49. The van der Waals surface area contributed by atoms with Gasteiger partial charge in [-0.25, -0.2) is 0 Å². The molecule has 24 heavy (non-hydrogen) atoms. The van der Waals surface area contributed by atoms with Crippen molar-refractivity contribution in [3.8, 4) is 5.75 Å². The summed E-state index contributed by atoms with van der Waals surface area (Å²) in [5.74, 6) is -0.191. The molecule has 0 saturated heterocycles. The van der Waals surface area contributed by atoms with Crippen LogP contribution in [-0.2, 0) is 0 Å². The largest absolute Gasteiger partial charge is 0.507 e. The van der Waals surface area contributed by atoms with E-state index in [1.807, 2.05) is 25.1 Å². The van der Waals surface area contributed by atoms with Gasteiger partial charge in [-0.15, -0.1) is 0 Å². The highest BCUT2D eigenvalue weighted by molar-refractivity contribution is 6.31. The normalized spacial score (nSPS) is 25.8. The molecule has 1 aliphatic rings. The summed E-state index contributed by atoms with van der Waals surface area (Å²) in [6, 6.07) is 14.7. The van der Waals surface area contributed by atoms with Crippen molar-refractivity contribution in [3.05, 3.63) is 76.8 Å². The number of phenols is 1. The van der Waals surface area contributed by atoms with Crippen molar-refractivity contribution >= 4 is 17.4 Å². The molecular formula is C21H21ClO2. The Morgan fingerprint density at radius 1 is 1.25 bits per heavy atom. The molecule has 2 aromatic carbocycles. The molecule has 0 aliphatic heterocycles. The van der Waals surface area contributed by atoms with Crippen LogP contribution in [-0.4, -0.2) is 10.9 Å². The third kappa shape index (κ3) is 2.65. The number of halogens is 1. The van der Waals surface area contributed by atoms with Gasteiger partial charge < -0.3 is 5.11 Å². The first-order valence-corrected chi connectivity index (χ1v) is 8.46. The number of aromatic hydroxyl groups is 1. The summed E-state index contributed by atoms with van der Waals surface area (Å²) in [6.45, 7) is 8.32. The van der Waals surface area contributed by atoms with Crippen molar-refractivity contribution in [1.82, 2.24) is 0 Å². The fourth-order valence-electron chi connectivity index (χ4n) is 3.83. The Labute approximate surface area is 147 Å². The predicted octanol–water partition coefficient (Wildman–Crippen LogP) is 5.61. The third-order valence-electron chi connectivity index (χ3n) is 5.43. The summed E-state index contributed by atoms with van der Waals surface area (Å²) in [4.78, 5) is 13.0. The van der Waals surface area contributed by atoms with Crippen molar-refractivity contribution in [1.29, 1.82) is 0 Å². The Bertz CT molecular complexity index is 797. The molecule has 3 atom stereocenters. The highest BCUT2D eigenvalue weighted by Crippen LogP contribution is 2.61. The van der Waals surface area contributed by atoms with E-state index in [1.54, 1.807) is 12.1 Å². The van der Waals surface area contributed by atoms with Crippen LogP contribution in [0.5, 0.6) is 5.75 Å². The van der Waals surface area contributed by atoms with Crippen LogP contribution in [0.2, 0.25) is 5.02 Å². The van der Waals surface area contributed by atoms with Crippen molar-refractivity contribution in [2.45, 2.75) is 26.2 Å². The molecule has 3 heteroatoms. The van der Waals surface area contributed by atoms with E-state index < -0.39 is 0 Å². The molecule has 0 aromatic heterocycles. The zero-order chi connectivity index (χ0) is 17.5. The molecular weight excluding hydrogens is 320 g/mol. The highest BCUT2D eigenvalue weighted by Gasteiger charge is 2.54. The molecule has 0 radical (unpaired) electrons. The van der Waals surface area contributed by atoms with E-state index in [0.29, 0.717) is 10.6 Å². The van der Waals surface area contributed by atoms with Crippen LogP contribution in [0.25, 0.3) is 0 Å². The maximum atomic E-state index is 13.0. The summed E-state index contributed by atoms with van der Waals surface area (Å²) >= 11 is 6.01. The minimum absolute atomic E-state index is 0.0138. The summed E-state index contributed by atoms with van der Waals surface area (Å²) in [5.41, 5.74) is 2.40. The summed E-state index contributed by atoms with van der Waals surface area (Å²) in [6.07, 6.45) is 0.729. The van der Waals surface area contributed by atoms with E-state index in [0.717, 1.165) is 17.6 Å². The second-order valence-corrected chi connectivity index (χ2v) is 7.36. The summed E-state index contributed by atoms with van der Waals surface area (Å²) < 4.78 is 0. The van der Waals surface area contributed by atoms with Gasteiger partial charge in [0.1, 0.15) is 5.75 Å². The summed E-state index contributed by atoms with van der Waals surface area (Å²) in [7, 11) is 0.